The van der Waals surface area contributed by atoms with Gasteiger partial charge in [0.1, 0.15) is 11.6 Å². The SMILES string of the molecule is CC(C)(C)OC(=O)NC[C@H]1CC[C@H](C(=O)N[C@@H](Cc2ccc(-c3ccc(S(=O)(=O)NC4CCN(C(=O)O)CC4)cc3C(F)(F)F)cc2)C(=O)Nc2ccc(-c3nn[nH]n3)cc2)CC1. The smallest absolute Gasteiger partial charge is 0.417 e. The maximum absolute atomic E-state index is 14.5. The Morgan fingerprint density at radius 2 is 1.56 bits per heavy atom. The molecule has 338 valence electrons. The molecule has 4 aromatic rings. The number of aromatic nitrogens is 4. The van der Waals surface area contributed by atoms with E-state index in [1.807, 2.05) is 0 Å². The molecular weight excluding hydrogens is 848 g/mol. The van der Waals surface area contributed by atoms with Crippen LogP contribution in [0.3, 0.4) is 0 Å². The fourth-order valence-corrected chi connectivity index (χ4v) is 8.93. The number of anilines is 1. The van der Waals surface area contributed by atoms with E-state index in [1.54, 1.807) is 57.2 Å². The molecule has 1 aliphatic carbocycles. The van der Waals surface area contributed by atoms with Crippen LogP contribution in [0, 0.1) is 11.8 Å². The van der Waals surface area contributed by atoms with Crippen molar-refractivity contribution >= 4 is 39.7 Å². The van der Waals surface area contributed by atoms with E-state index in [0.717, 1.165) is 17.0 Å². The van der Waals surface area contributed by atoms with Gasteiger partial charge in [0.25, 0.3) is 0 Å². The van der Waals surface area contributed by atoms with Gasteiger partial charge >= 0.3 is 18.4 Å². The van der Waals surface area contributed by atoms with Gasteiger partial charge in [-0.3, -0.25) is 9.59 Å². The van der Waals surface area contributed by atoms with E-state index in [4.69, 9.17) is 4.74 Å². The number of carbonyl (C=O) groups is 4. The van der Waals surface area contributed by atoms with E-state index in [2.05, 4.69) is 41.3 Å². The number of ether oxygens (including phenoxy) is 1. The van der Waals surface area contributed by atoms with Crippen molar-refractivity contribution in [2.24, 2.45) is 11.8 Å². The first-order valence-corrected chi connectivity index (χ1v) is 21.9. The molecular formula is C42H50F3N9O8S. The average Bonchev–Trinajstić information content (AvgIpc) is 3.78. The zero-order chi connectivity index (χ0) is 45.5. The summed E-state index contributed by atoms with van der Waals surface area (Å²) in [5.74, 6) is -0.776. The van der Waals surface area contributed by atoms with Gasteiger partial charge < -0.3 is 30.7 Å². The summed E-state index contributed by atoms with van der Waals surface area (Å²) in [6.45, 7) is 5.89. The number of nitrogens with zero attached hydrogens (tertiary/aromatic N) is 4. The van der Waals surface area contributed by atoms with E-state index in [1.165, 1.54) is 12.1 Å². The van der Waals surface area contributed by atoms with E-state index < -0.39 is 68.4 Å². The van der Waals surface area contributed by atoms with E-state index in [0.29, 0.717) is 60.9 Å². The minimum atomic E-state index is -4.93. The number of alkyl halides is 3. The van der Waals surface area contributed by atoms with Crippen molar-refractivity contribution in [3.8, 4) is 22.5 Å². The van der Waals surface area contributed by atoms with Crippen molar-refractivity contribution in [3.05, 3.63) is 77.9 Å². The molecule has 2 heterocycles. The molecule has 1 aromatic heterocycles. The molecule has 0 spiro atoms. The average molecular weight is 898 g/mol. The fourth-order valence-electron chi connectivity index (χ4n) is 7.59. The second-order valence-corrected chi connectivity index (χ2v) is 18.4. The molecule has 1 aliphatic heterocycles. The Bertz CT molecular complexity index is 2340. The van der Waals surface area contributed by atoms with Crippen LogP contribution in [0.15, 0.2) is 71.6 Å². The van der Waals surface area contributed by atoms with Gasteiger partial charge in [-0.05, 0) is 124 Å². The summed E-state index contributed by atoms with van der Waals surface area (Å²) in [7, 11) is -4.39. The van der Waals surface area contributed by atoms with Crippen molar-refractivity contribution < 1.29 is 50.6 Å². The van der Waals surface area contributed by atoms with Crippen LogP contribution < -0.4 is 20.7 Å². The lowest BCUT2D eigenvalue weighted by molar-refractivity contribution is -0.137. The summed E-state index contributed by atoms with van der Waals surface area (Å²) in [5, 5.41) is 31.5. The second kappa shape index (κ2) is 19.5. The number of carboxylic acid groups (broad SMARTS) is 1. The lowest BCUT2D eigenvalue weighted by Gasteiger charge is -2.30. The number of tetrazole rings is 1. The molecule has 0 unspecified atom stereocenters. The number of rotatable bonds is 13. The van der Waals surface area contributed by atoms with Crippen LogP contribution in [-0.4, -0.2) is 100 Å². The number of amides is 4. The number of halogens is 3. The van der Waals surface area contributed by atoms with Crippen LogP contribution in [0.2, 0.25) is 0 Å². The first-order valence-electron chi connectivity index (χ1n) is 20.5. The van der Waals surface area contributed by atoms with Crippen molar-refractivity contribution in [1.82, 2.24) is 40.9 Å². The molecule has 6 N–H and O–H groups in total. The fraction of sp³-hybridized carbons (Fsp3) is 0.452. The molecule has 0 radical (unpaired) electrons. The van der Waals surface area contributed by atoms with Gasteiger partial charge in [-0.25, -0.2) is 22.7 Å². The van der Waals surface area contributed by atoms with Gasteiger partial charge in [-0.15, -0.1) is 10.2 Å². The van der Waals surface area contributed by atoms with Crippen LogP contribution in [0.4, 0.5) is 28.4 Å². The topological polar surface area (TPSA) is 238 Å². The number of alkyl carbamates (subject to hydrolysis) is 1. The molecule has 2 aliphatic rings. The number of likely N-dealkylation sites (tertiary alicyclic amines) is 1. The Balaban J connectivity index is 1.15. The molecule has 17 nitrogen and oxygen atoms in total. The van der Waals surface area contributed by atoms with Gasteiger partial charge in [0.05, 0.1) is 10.5 Å². The van der Waals surface area contributed by atoms with Crippen LogP contribution in [0.5, 0.6) is 0 Å². The number of sulfonamides is 1. The Morgan fingerprint density at radius 3 is 2.14 bits per heavy atom. The second-order valence-electron chi connectivity index (χ2n) is 16.7. The number of carbonyl (C=O) groups excluding carboxylic acids is 3. The van der Waals surface area contributed by atoms with E-state index in [-0.39, 0.29) is 55.3 Å². The highest BCUT2D eigenvalue weighted by atomic mass is 32.2. The third-order valence-corrected chi connectivity index (χ3v) is 12.5. The number of benzene rings is 3. The van der Waals surface area contributed by atoms with Crippen LogP contribution in [0.1, 0.15) is 70.4 Å². The third-order valence-electron chi connectivity index (χ3n) is 10.9. The third kappa shape index (κ3) is 12.7. The number of piperidine rings is 1. The number of H-pyrrole nitrogens is 1. The van der Waals surface area contributed by atoms with Crippen molar-refractivity contribution in [2.75, 3.05) is 25.0 Å². The van der Waals surface area contributed by atoms with Crippen molar-refractivity contribution in [3.63, 3.8) is 0 Å². The first-order chi connectivity index (χ1) is 29.7. The Morgan fingerprint density at radius 1 is 0.905 bits per heavy atom. The molecule has 1 saturated heterocycles. The summed E-state index contributed by atoms with van der Waals surface area (Å²) < 4.78 is 77.7. The van der Waals surface area contributed by atoms with Crippen LogP contribution in [-0.2, 0) is 36.9 Å². The monoisotopic (exact) mass is 897 g/mol. The molecule has 21 heteroatoms. The molecule has 63 heavy (non-hydrogen) atoms. The standard InChI is InChI=1S/C42H50F3N9O8S/c1-41(2,3)62-39(57)46-24-26-6-10-29(11-7-26)37(55)48-35(38(56)47-30-14-12-28(13-15-30)36-49-52-53-50-36)22-25-4-8-27(9-5-25)33-17-16-32(23-34(33)42(43,44)45)63(60,61)51-31-18-20-54(21-19-31)40(58)59/h4-5,8-9,12-17,23,26,29,31,35,51H,6-7,10-11,18-22,24H2,1-3H3,(H,46,57)(H,47,56)(H,48,55)(H,58,59)(H,49,50,52,53)/t26-,29-,35-/m0/s1. The summed E-state index contributed by atoms with van der Waals surface area (Å²) in [4.78, 5) is 51.5. The van der Waals surface area contributed by atoms with Crippen LogP contribution in [0.25, 0.3) is 22.5 Å². The molecule has 6 rings (SSSR count). The highest BCUT2D eigenvalue weighted by molar-refractivity contribution is 7.89. The summed E-state index contributed by atoms with van der Waals surface area (Å²) >= 11 is 0. The van der Waals surface area contributed by atoms with Gasteiger partial charge in [-0.1, -0.05) is 30.3 Å². The summed E-state index contributed by atoms with van der Waals surface area (Å²) in [5.41, 5.74) is -0.367. The molecule has 1 atom stereocenters. The predicted molar refractivity (Wildman–Crippen MR) is 223 cm³/mol. The summed E-state index contributed by atoms with van der Waals surface area (Å²) in [6.07, 6.45) is -3.89. The Kier molecular flexibility index (Phi) is 14.4. The molecule has 4 amide bonds. The summed E-state index contributed by atoms with van der Waals surface area (Å²) in [6, 6.07) is 13.6. The zero-order valence-electron chi connectivity index (χ0n) is 34.9. The Labute approximate surface area is 362 Å². The predicted octanol–water partition coefficient (Wildman–Crippen LogP) is 5.97. The van der Waals surface area contributed by atoms with E-state index >= 15 is 0 Å². The van der Waals surface area contributed by atoms with Gasteiger partial charge in [-0.2, -0.15) is 18.4 Å². The molecule has 1 saturated carbocycles. The minimum absolute atomic E-state index is 0.0195. The number of hydrogen-bond acceptors (Lipinski definition) is 10. The maximum Gasteiger partial charge on any atom is 0.417 e. The van der Waals surface area contributed by atoms with Gasteiger partial charge in [0.15, 0.2) is 0 Å². The highest BCUT2D eigenvalue weighted by Crippen LogP contribution is 2.39. The van der Waals surface area contributed by atoms with Crippen LogP contribution >= 0.6 is 0 Å². The molecule has 0 bridgehead atoms. The first kappa shape index (κ1) is 46.4. The quantitative estimate of drug-likeness (QED) is 0.0914. The largest absolute Gasteiger partial charge is 0.465 e. The lowest BCUT2D eigenvalue weighted by atomic mass is 9.81. The number of hydrogen-bond donors (Lipinski definition) is 6. The van der Waals surface area contributed by atoms with Gasteiger partial charge in [0.2, 0.25) is 27.7 Å². The highest BCUT2D eigenvalue weighted by Gasteiger charge is 2.36. The zero-order valence-corrected chi connectivity index (χ0v) is 35.7. The molecule has 2 fully saturated rings. The van der Waals surface area contributed by atoms with E-state index in [9.17, 15) is 45.9 Å². The number of nitrogens with one attached hydrogen (secondary N) is 5. The molecule has 3 aromatic carbocycles. The van der Waals surface area contributed by atoms with Crippen molar-refractivity contribution in [1.29, 1.82) is 0 Å². The maximum atomic E-state index is 14.5. The lowest BCUT2D eigenvalue weighted by Crippen LogP contribution is -2.48. The normalized spacial score (nSPS) is 18.0. The van der Waals surface area contributed by atoms with Gasteiger partial charge in [0, 0.05) is 49.3 Å². The number of aromatic amines is 1. The van der Waals surface area contributed by atoms with Crippen molar-refractivity contribution in [2.45, 2.75) is 94.5 Å². The Hall–Kier alpha value is -6.09. The minimum Gasteiger partial charge on any atom is -0.465 e.